The first kappa shape index (κ1) is 17.4. The van der Waals surface area contributed by atoms with Crippen molar-refractivity contribution in [1.82, 2.24) is 0 Å². The van der Waals surface area contributed by atoms with E-state index in [0.29, 0.717) is 31.3 Å². The summed E-state index contributed by atoms with van der Waals surface area (Å²) in [6.07, 6.45) is 0.200. The SMILES string of the molecule is Cc1ccc(NC(=O)[C@@H]2CC(=O)N(c3ccc4c(c3)OCCO4)C2)c(C)c1. The second kappa shape index (κ2) is 6.95. The van der Waals surface area contributed by atoms with Gasteiger partial charge in [-0.25, -0.2) is 0 Å². The lowest BCUT2D eigenvalue weighted by Gasteiger charge is -2.22. The van der Waals surface area contributed by atoms with Gasteiger partial charge in [-0.05, 0) is 37.6 Å². The minimum absolute atomic E-state index is 0.0625. The highest BCUT2D eigenvalue weighted by atomic mass is 16.6. The number of hydrogen-bond donors (Lipinski definition) is 1. The van der Waals surface area contributed by atoms with Gasteiger partial charge in [0, 0.05) is 30.4 Å². The Morgan fingerprint density at radius 1 is 1.07 bits per heavy atom. The molecule has 6 heteroatoms. The lowest BCUT2D eigenvalue weighted by molar-refractivity contribution is -0.122. The molecule has 0 bridgehead atoms. The molecule has 6 nitrogen and oxygen atoms in total. The number of benzene rings is 2. The Hall–Kier alpha value is -3.02. The zero-order valence-corrected chi connectivity index (χ0v) is 15.5. The van der Waals surface area contributed by atoms with Crippen molar-refractivity contribution in [1.29, 1.82) is 0 Å². The fraction of sp³-hybridized carbons (Fsp3) is 0.333. The highest BCUT2D eigenvalue weighted by Crippen LogP contribution is 2.36. The van der Waals surface area contributed by atoms with E-state index >= 15 is 0 Å². The summed E-state index contributed by atoms with van der Waals surface area (Å²) < 4.78 is 11.1. The molecule has 140 valence electrons. The van der Waals surface area contributed by atoms with Gasteiger partial charge in [0.2, 0.25) is 11.8 Å². The minimum Gasteiger partial charge on any atom is -0.486 e. The summed E-state index contributed by atoms with van der Waals surface area (Å²) in [6.45, 7) is 5.35. The van der Waals surface area contributed by atoms with Crippen LogP contribution in [0.15, 0.2) is 36.4 Å². The van der Waals surface area contributed by atoms with Crippen LogP contribution in [0, 0.1) is 19.8 Å². The van der Waals surface area contributed by atoms with Crippen molar-refractivity contribution in [3.05, 3.63) is 47.5 Å². The molecule has 2 aliphatic heterocycles. The first-order chi connectivity index (χ1) is 13.0. The smallest absolute Gasteiger partial charge is 0.229 e. The van der Waals surface area contributed by atoms with Crippen LogP contribution in [0.2, 0.25) is 0 Å². The van der Waals surface area contributed by atoms with E-state index < -0.39 is 0 Å². The average molecular weight is 366 g/mol. The van der Waals surface area contributed by atoms with Crippen LogP contribution in [-0.2, 0) is 9.59 Å². The van der Waals surface area contributed by atoms with Crippen molar-refractivity contribution in [2.75, 3.05) is 30.0 Å². The molecule has 2 aliphatic rings. The maximum Gasteiger partial charge on any atom is 0.229 e. The van der Waals surface area contributed by atoms with Gasteiger partial charge in [-0.15, -0.1) is 0 Å². The normalized spacial score (nSPS) is 18.5. The highest BCUT2D eigenvalue weighted by Gasteiger charge is 2.35. The fourth-order valence-electron chi connectivity index (χ4n) is 3.52. The summed E-state index contributed by atoms with van der Waals surface area (Å²) in [5.74, 6) is 0.740. The fourth-order valence-corrected chi connectivity index (χ4v) is 3.52. The number of nitrogens with one attached hydrogen (secondary N) is 1. The second-order valence-electron chi connectivity index (χ2n) is 7.04. The first-order valence-corrected chi connectivity index (χ1v) is 9.09. The zero-order valence-electron chi connectivity index (χ0n) is 15.5. The van der Waals surface area contributed by atoms with Crippen LogP contribution in [0.1, 0.15) is 17.5 Å². The molecule has 4 rings (SSSR count). The van der Waals surface area contributed by atoms with E-state index in [4.69, 9.17) is 9.47 Å². The van der Waals surface area contributed by atoms with Crippen LogP contribution in [0.5, 0.6) is 11.5 Å². The van der Waals surface area contributed by atoms with Gasteiger partial charge in [0.1, 0.15) is 13.2 Å². The predicted octanol–water partition coefficient (Wildman–Crippen LogP) is 3.07. The molecule has 0 spiro atoms. The van der Waals surface area contributed by atoms with Crippen LogP contribution in [0.3, 0.4) is 0 Å². The standard InChI is InChI=1S/C21H22N2O4/c1-13-3-5-17(14(2)9-13)22-21(25)15-10-20(24)23(12-15)16-4-6-18-19(11-16)27-8-7-26-18/h3-6,9,11,15H,7-8,10,12H2,1-2H3,(H,22,25)/t15-/m1/s1. The predicted molar refractivity (Wildman–Crippen MR) is 102 cm³/mol. The van der Waals surface area contributed by atoms with Crippen molar-refractivity contribution in [3.8, 4) is 11.5 Å². The molecule has 2 heterocycles. The number of fused-ring (bicyclic) bond motifs is 1. The summed E-state index contributed by atoms with van der Waals surface area (Å²) in [5, 5.41) is 2.96. The topological polar surface area (TPSA) is 67.9 Å². The number of nitrogens with zero attached hydrogens (tertiary/aromatic N) is 1. The van der Waals surface area contributed by atoms with Crippen LogP contribution < -0.4 is 19.7 Å². The van der Waals surface area contributed by atoms with Gasteiger partial charge in [-0.3, -0.25) is 9.59 Å². The largest absolute Gasteiger partial charge is 0.486 e. The Morgan fingerprint density at radius 2 is 1.85 bits per heavy atom. The average Bonchev–Trinajstić information content (AvgIpc) is 3.05. The molecule has 2 aromatic carbocycles. The number of hydrogen-bond acceptors (Lipinski definition) is 4. The van der Waals surface area contributed by atoms with E-state index in [2.05, 4.69) is 5.32 Å². The number of ether oxygens (including phenoxy) is 2. The van der Waals surface area contributed by atoms with E-state index in [-0.39, 0.29) is 24.2 Å². The number of carbonyl (C=O) groups excluding carboxylic acids is 2. The number of rotatable bonds is 3. The molecule has 0 saturated carbocycles. The molecular formula is C21H22N2O4. The Bertz CT molecular complexity index is 909. The zero-order chi connectivity index (χ0) is 19.0. The van der Waals surface area contributed by atoms with Gasteiger partial charge in [-0.2, -0.15) is 0 Å². The van der Waals surface area contributed by atoms with Gasteiger partial charge in [-0.1, -0.05) is 17.7 Å². The van der Waals surface area contributed by atoms with Crippen LogP contribution in [-0.4, -0.2) is 31.6 Å². The van der Waals surface area contributed by atoms with E-state index in [9.17, 15) is 9.59 Å². The highest BCUT2D eigenvalue weighted by molar-refractivity contribution is 6.03. The van der Waals surface area contributed by atoms with Crippen molar-refractivity contribution in [2.45, 2.75) is 20.3 Å². The Kier molecular flexibility index (Phi) is 4.48. The third-order valence-corrected chi connectivity index (χ3v) is 4.97. The maximum atomic E-state index is 12.7. The summed E-state index contributed by atoms with van der Waals surface area (Å²) in [6, 6.07) is 11.3. The van der Waals surface area contributed by atoms with E-state index in [1.165, 1.54) is 0 Å². The first-order valence-electron chi connectivity index (χ1n) is 9.09. The molecule has 1 fully saturated rings. The van der Waals surface area contributed by atoms with Gasteiger partial charge in [0.05, 0.1) is 5.92 Å². The lowest BCUT2D eigenvalue weighted by Crippen LogP contribution is -2.28. The van der Waals surface area contributed by atoms with E-state index in [1.54, 1.807) is 17.0 Å². The molecule has 0 radical (unpaired) electrons. The molecule has 2 aromatic rings. The van der Waals surface area contributed by atoms with E-state index in [0.717, 1.165) is 22.5 Å². The summed E-state index contributed by atoms with van der Waals surface area (Å²) in [4.78, 5) is 26.8. The molecule has 0 aromatic heterocycles. The summed E-state index contributed by atoms with van der Waals surface area (Å²) >= 11 is 0. The molecule has 0 aliphatic carbocycles. The van der Waals surface area contributed by atoms with Crippen LogP contribution in [0.25, 0.3) is 0 Å². The quantitative estimate of drug-likeness (QED) is 0.907. The minimum atomic E-state index is -0.383. The monoisotopic (exact) mass is 366 g/mol. The maximum absolute atomic E-state index is 12.7. The molecule has 1 N–H and O–H groups in total. The van der Waals surface area contributed by atoms with Crippen molar-refractivity contribution >= 4 is 23.2 Å². The van der Waals surface area contributed by atoms with Gasteiger partial charge < -0.3 is 19.7 Å². The Labute approximate surface area is 158 Å². The second-order valence-corrected chi connectivity index (χ2v) is 7.04. The van der Waals surface area contributed by atoms with Crippen molar-refractivity contribution in [3.63, 3.8) is 0 Å². The number of anilines is 2. The molecule has 0 unspecified atom stereocenters. The molecule has 1 saturated heterocycles. The molecule has 2 amide bonds. The van der Waals surface area contributed by atoms with Gasteiger partial charge >= 0.3 is 0 Å². The third-order valence-electron chi connectivity index (χ3n) is 4.97. The van der Waals surface area contributed by atoms with E-state index in [1.807, 2.05) is 38.1 Å². The third kappa shape index (κ3) is 3.47. The van der Waals surface area contributed by atoms with Gasteiger partial charge in [0.25, 0.3) is 0 Å². The number of carbonyl (C=O) groups is 2. The Morgan fingerprint density at radius 3 is 2.63 bits per heavy atom. The van der Waals surface area contributed by atoms with Gasteiger partial charge in [0.15, 0.2) is 11.5 Å². The summed E-state index contributed by atoms with van der Waals surface area (Å²) in [7, 11) is 0. The molecule has 1 atom stereocenters. The summed E-state index contributed by atoms with van der Waals surface area (Å²) in [5.41, 5.74) is 3.67. The molecular weight excluding hydrogens is 344 g/mol. The lowest BCUT2D eigenvalue weighted by atomic mass is 10.1. The molecule has 27 heavy (non-hydrogen) atoms. The van der Waals surface area contributed by atoms with Crippen LogP contribution >= 0.6 is 0 Å². The van der Waals surface area contributed by atoms with Crippen LogP contribution in [0.4, 0.5) is 11.4 Å². The number of aryl methyl sites for hydroxylation is 2. The number of amides is 2. The van der Waals surface area contributed by atoms with Crippen molar-refractivity contribution in [2.24, 2.45) is 5.92 Å². The van der Waals surface area contributed by atoms with Crippen molar-refractivity contribution < 1.29 is 19.1 Å². The Balaban J connectivity index is 1.48.